The highest BCUT2D eigenvalue weighted by atomic mass is 35.5. The van der Waals surface area contributed by atoms with Crippen molar-refractivity contribution in [3.8, 4) is 0 Å². The van der Waals surface area contributed by atoms with Gasteiger partial charge >= 0.3 is 6.18 Å². The quantitative estimate of drug-likeness (QED) is 0.805. The van der Waals surface area contributed by atoms with Crippen LogP contribution >= 0.6 is 23.2 Å². The number of nitrogens with one attached hydrogen (secondary N) is 1. The van der Waals surface area contributed by atoms with E-state index >= 15 is 0 Å². The summed E-state index contributed by atoms with van der Waals surface area (Å²) in [6.45, 7) is -0.491. The van der Waals surface area contributed by atoms with E-state index in [1.165, 1.54) is 24.1 Å². The summed E-state index contributed by atoms with van der Waals surface area (Å²) < 4.78 is 36.2. The number of likely N-dealkylation sites (N-methyl/N-ethyl adjacent to an activating group) is 1. The Kier molecular flexibility index (Phi) is 6.12. The molecule has 0 fully saturated rings. The zero-order chi connectivity index (χ0) is 16.2. The summed E-state index contributed by atoms with van der Waals surface area (Å²) in [5, 5.41) is 2.93. The minimum atomic E-state index is -4.26. The number of nitrogens with two attached hydrogens (primary N) is 1. The highest BCUT2D eigenvalue weighted by Gasteiger charge is 2.27. The van der Waals surface area contributed by atoms with Gasteiger partial charge in [0.25, 0.3) is 0 Å². The van der Waals surface area contributed by atoms with Gasteiger partial charge in [-0.25, -0.2) is 0 Å². The Morgan fingerprint density at radius 3 is 2.52 bits per heavy atom. The van der Waals surface area contributed by atoms with Crippen LogP contribution in [0.1, 0.15) is 6.42 Å². The van der Waals surface area contributed by atoms with E-state index in [-0.39, 0.29) is 29.5 Å². The van der Waals surface area contributed by atoms with Gasteiger partial charge < -0.3 is 11.1 Å². The number of benzene rings is 1. The molecule has 0 spiro atoms. The van der Waals surface area contributed by atoms with E-state index in [4.69, 9.17) is 28.9 Å². The smallest absolute Gasteiger partial charge is 0.390 e. The first-order valence-corrected chi connectivity index (χ1v) is 6.64. The summed E-state index contributed by atoms with van der Waals surface area (Å²) in [6, 6.07) is 2.82. The lowest BCUT2D eigenvalue weighted by atomic mass is 10.2. The van der Waals surface area contributed by atoms with Crippen LogP contribution in [-0.2, 0) is 4.79 Å². The maximum Gasteiger partial charge on any atom is 0.390 e. The number of amides is 1. The van der Waals surface area contributed by atoms with Crippen LogP contribution in [0.2, 0.25) is 10.0 Å². The van der Waals surface area contributed by atoms with E-state index in [2.05, 4.69) is 5.32 Å². The van der Waals surface area contributed by atoms with Gasteiger partial charge in [-0.15, -0.1) is 0 Å². The van der Waals surface area contributed by atoms with Crippen molar-refractivity contribution in [3.05, 3.63) is 22.2 Å². The Balaban J connectivity index is 2.58. The summed E-state index contributed by atoms with van der Waals surface area (Å²) in [5.41, 5.74) is 6.04. The molecule has 4 nitrogen and oxygen atoms in total. The average Bonchev–Trinajstić information content (AvgIpc) is 2.30. The van der Waals surface area contributed by atoms with Crippen LogP contribution in [0.4, 0.5) is 24.5 Å². The van der Waals surface area contributed by atoms with E-state index in [1.54, 1.807) is 0 Å². The van der Waals surface area contributed by atoms with Crippen molar-refractivity contribution in [2.75, 3.05) is 31.2 Å². The summed E-state index contributed by atoms with van der Waals surface area (Å²) in [6.07, 6.45) is -5.24. The van der Waals surface area contributed by atoms with Gasteiger partial charge in [0.05, 0.1) is 29.4 Å². The molecule has 1 amide bonds. The normalized spacial score (nSPS) is 11.8. The summed E-state index contributed by atoms with van der Waals surface area (Å²) >= 11 is 11.6. The monoisotopic (exact) mass is 343 g/mol. The maximum atomic E-state index is 12.1. The molecule has 0 radical (unpaired) electrons. The number of halogens is 5. The van der Waals surface area contributed by atoms with Crippen LogP contribution in [0.5, 0.6) is 0 Å². The summed E-state index contributed by atoms with van der Waals surface area (Å²) in [5.74, 6) is -0.518. The van der Waals surface area contributed by atoms with E-state index < -0.39 is 18.5 Å². The predicted molar refractivity (Wildman–Crippen MR) is 77.7 cm³/mol. The Morgan fingerprint density at radius 1 is 1.38 bits per heavy atom. The van der Waals surface area contributed by atoms with E-state index in [9.17, 15) is 18.0 Å². The van der Waals surface area contributed by atoms with Crippen molar-refractivity contribution < 1.29 is 18.0 Å². The first-order chi connectivity index (χ1) is 9.58. The Hall–Kier alpha value is -1.18. The first kappa shape index (κ1) is 17.9. The fourth-order valence-electron chi connectivity index (χ4n) is 1.55. The van der Waals surface area contributed by atoms with Crippen molar-refractivity contribution in [2.45, 2.75) is 12.6 Å². The minimum Gasteiger partial charge on any atom is -0.397 e. The Bertz CT molecular complexity index is 500. The van der Waals surface area contributed by atoms with Crippen molar-refractivity contribution in [3.63, 3.8) is 0 Å². The van der Waals surface area contributed by atoms with Crippen molar-refractivity contribution in [2.24, 2.45) is 0 Å². The number of carbonyl (C=O) groups is 1. The molecule has 1 aromatic rings. The van der Waals surface area contributed by atoms with Crippen molar-refractivity contribution in [1.82, 2.24) is 4.90 Å². The van der Waals surface area contributed by atoms with Gasteiger partial charge in [-0.3, -0.25) is 9.69 Å². The molecule has 0 heterocycles. The third-order valence-corrected chi connectivity index (χ3v) is 3.06. The molecule has 0 saturated heterocycles. The molecule has 0 saturated carbocycles. The largest absolute Gasteiger partial charge is 0.397 e. The van der Waals surface area contributed by atoms with Crippen LogP contribution in [0.3, 0.4) is 0 Å². The molecule has 0 aromatic heterocycles. The first-order valence-electron chi connectivity index (χ1n) is 5.88. The number of nitrogens with zero attached hydrogens (tertiary/aromatic N) is 1. The maximum absolute atomic E-state index is 12.1. The molecule has 1 rings (SSSR count). The number of hydrogen-bond acceptors (Lipinski definition) is 3. The molecule has 1 aromatic carbocycles. The van der Waals surface area contributed by atoms with Gasteiger partial charge in [0, 0.05) is 11.6 Å². The van der Waals surface area contributed by atoms with E-state index in [1.807, 2.05) is 0 Å². The molecule has 0 aliphatic heterocycles. The number of carbonyl (C=O) groups excluding carboxylic acids is 1. The van der Waals surface area contributed by atoms with Crippen LogP contribution in [0.15, 0.2) is 12.1 Å². The molecule has 21 heavy (non-hydrogen) atoms. The van der Waals surface area contributed by atoms with Gasteiger partial charge in [-0.2, -0.15) is 13.2 Å². The molecule has 3 N–H and O–H groups in total. The van der Waals surface area contributed by atoms with Gasteiger partial charge in [0.2, 0.25) is 5.91 Å². The van der Waals surface area contributed by atoms with E-state index in [0.717, 1.165) is 0 Å². The number of rotatable bonds is 5. The SMILES string of the molecule is CN(CCC(F)(F)F)CC(=O)Nc1c(N)cc(Cl)cc1Cl. The summed E-state index contributed by atoms with van der Waals surface area (Å²) in [7, 11) is 1.41. The van der Waals surface area contributed by atoms with E-state index in [0.29, 0.717) is 5.02 Å². The predicted octanol–water partition coefficient (Wildman–Crippen LogP) is 3.40. The van der Waals surface area contributed by atoms with Gasteiger partial charge in [-0.05, 0) is 19.2 Å². The number of nitrogen functional groups attached to an aromatic ring is 1. The molecular formula is C12H14Cl2F3N3O. The zero-order valence-corrected chi connectivity index (χ0v) is 12.6. The molecule has 0 bridgehead atoms. The number of hydrogen-bond donors (Lipinski definition) is 2. The molecule has 0 aliphatic carbocycles. The molecule has 118 valence electrons. The van der Waals surface area contributed by atoms with Crippen LogP contribution in [0, 0.1) is 0 Å². The van der Waals surface area contributed by atoms with Gasteiger partial charge in [-0.1, -0.05) is 23.2 Å². The molecule has 0 atom stereocenters. The zero-order valence-electron chi connectivity index (χ0n) is 11.1. The number of alkyl halides is 3. The average molecular weight is 344 g/mol. The second kappa shape index (κ2) is 7.20. The lowest BCUT2D eigenvalue weighted by Gasteiger charge is -2.18. The van der Waals surface area contributed by atoms with Crippen molar-refractivity contribution >= 4 is 40.5 Å². The molecule has 0 aliphatic rings. The summed E-state index contributed by atoms with van der Waals surface area (Å²) in [4.78, 5) is 13.0. The molecule has 0 unspecified atom stereocenters. The Labute approximate surface area is 130 Å². The third-order valence-electron chi connectivity index (χ3n) is 2.54. The standard InChI is InChI=1S/C12H14Cl2F3N3O/c1-20(3-2-12(15,16)17)6-10(21)19-11-8(14)4-7(13)5-9(11)18/h4-5H,2-3,6,18H2,1H3,(H,19,21). The Morgan fingerprint density at radius 2 is 2.00 bits per heavy atom. The van der Waals surface area contributed by atoms with Gasteiger partial charge in [0.1, 0.15) is 0 Å². The highest BCUT2D eigenvalue weighted by molar-refractivity contribution is 6.37. The topological polar surface area (TPSA) is 58.4 Å². The fourth-order valence-corrected chi connectivity index (χ4v) is 2.10. The highest BCUT2D eigenvalue weighted by Crippen LogP contribution is 2.31. The van der Waals surface area contributed by atoms with Crippen LogP contribution in [-0.4, -0.2) is 37.1 Å². The second-order valence-electron chi connectivity index (χ2n) is 4.50. The third kappa shape index (κ3) is 6.41. The molecular weight excluding hydrogens is 330 g/mol. The van der Waals surface area contributed by atoms with Crippen LogP contribution in [0.25, 0.3) is 0 Å². The van der Waals surface area contributed by atoms with Gasteiger partial charge in [0.15, 0.2) is 0 Å². The van der Waals surface area contributed by atoms with Crippen LogP contribution < -0.4 is 11.1 Å². The fraction of sp³-hybridized carbons (Fsp3) is 0.417. The second-order valence-corrected chi connectivity index (χ2v) is 5.35. The van der Waals surface area contributed by atoms with Crippen molar-refractivity contribution in [1.29, 1.82) is 0 Å². The lowest BCUT2D eigenvalue weighted by molar-refractivity contribution is -0.138. The minimum absolute atomic E-state index is 0.159. The molecule has 9 heteroatoms. The number of anilines is 2. The lowest BCUT2D eigenvalue weighted by Crippen LogP contribution is -2.33.